The van der Waals surface area contributed by atoms with Crippen LogP contribution in [0.4, 0.5) is 5.69 Å². The van der Waals surface area contributed by atoms with E-state index in [1.165, 1.54) is 0 Å². The van der Waals surface area contributed by atoms with Crippen LogP contribution in [0.2, 0.25) is 0 Å². The smallest absolute Gasteiger partial charge is 0.227 e. The normalized spacial score (nSPS) is 18.8. The van der Waals surface area contributed by atoms with E-state index in [1.807, 2.05) is 32.0 Å². The second-order valence-electron chi connectivity index (χ2n) is 6.71. The largest absolute Gasteiger partial charge is 0.352 e. The van der Waals surface area contributed by atoms with E-state index in [-0.39, 0.29) is 30.2 Å². The molecule has 1 fully saturated rings. The van der Waals surface area contributed by atoms with E-state index >= 15 is 0 Å². The maximum absolute atomic E-state index is 12.5. The number of carbonyl (C=O) groups excluding carboxylic acids is 2. The molecular weight excluding hydrogens is 302 g/mol. The average Bonchev–Trinajstić information content (AvgIpc) is 2.95. The Morgan fingerprint density at radius 2 is 2.17 bits per heavy atom. The van der Waals surface area contributed by atoms with Gasteiger partial charge in [-0.2, -0.15) is 0 Å². The van der Waals surface area contributed by atoms with Crippen molar-refractivity contribution < 1.29 is 9.59 Å². The summed E-state index contributed by atoms with van der Waals surface area (Å²) >= 11 is 0. The Morgan fingerprint density at radius 1 is 1.42 bits per heavy atom. The number of nitrogens with one attached hydrogen (secondary N) is 1. The molecule has 2 rings (SSSR count). The molecule has 0 aromatic heterocycles. The number of nitrogens with two attached hydrogens (primary N) is 1. The molecule has 2 amide bonds. The predicted octanol–water partition coefficient (Wildman–Crippen LogP) is 2.29. The van der Waals surface area contributed by atoms with Crippen LogP contribution < -0.4 is 16.0 Å². The first-order chi connectivity index (χ1) is 11.5. The van der Waals surface area contributed by atoms with Crippen molar-refractivity contribution in [2.24, 2.45) is 11.7 Å². The van der Waals surface area contributed by atoms with Gasteiger partial charge in [0.2, 0.25) is 11.8 Å². The highest BCUT2D eigenvalue weighted by Crippen LogP contribution is 2.29. The minimum atomic E-state index is -0.298. The van der Waals surface area contributed by atoms with Crippen molar-refractivity contribution in [3.8, 4) is 0 Å². The summed E-state index contributed by atoms with van der Waals surface area (Å²) in [5, 5.41) is 3.02. The first-order valence-corrected chi connectivity index (χ1v) is 8.84. The summed E-state index contributed by atoms with van der Waals surface area (Å²) < 4.78 is 0. The van der Waals surface area contributed by atoms with E-state index in [0.29, 0.717) is 13.1 Å². The monoisotopic (exact) mass is 331 g/mol. The Balaban J connectivity index is 2.03. The topological polar surface area (TPSA) is 75.4 Å². The van der Waals surface area contributed by atoms with E-state index in [1.54, 1.807) is 4.90 Å². The summed E-state index contributed by atoms with van der Waals surface area (Å²) in [4.78, 5) is 26.7. The molecule has 0 saturated carbocycles. The number of rotatable bonds is 7. The summed E-state index contributed by atoms with van der Waals surface area (Å²) in [6.45, 7) is 7.05. The van der Waals surface area contributed by atoms with Crippen molar-refractivity contribution in [3.05, 3.63) is 29.3 Å². The van der Waals surface area contributed by atoms with Gasteiger partial charge in [0.25, 0.3) is 0 Å². The number of amides is 2. The molecule has 5 nitrogen and oxygen atoms in total. The number of aryl methyl sites for hydroxylation is 1. The molecule has 24 heavy (non-hydrogen) atoms. The van der Waals surface area contributed by atoms with E-state index in [2.05, 4.69) is 12.2 Å². The fourth-order valence-electron chi connectivity index (χ4n) is 3.16. The molecule has 0 spiro atoms. The second-order valence-corrected chi connectivity index (χ2v) is 6.71. The van der Waals surface area contributed by atoms with E-state index in [9.17, 15) is 9.59 Å². The molecule has 0 radical (unpaired) electrons. The van der Waals surface area contributed by atoms with Gasteiger partial charge >= 0.3 is 0 Å². The lowest BCUT2D eigenvalue weighted by Gasteiger charge is -2.21. The summed E-state index contributed by atoms with van der Waals surface area (Å²) in [7, 11) is 0. The van der Waals surface area contributed by atoms with E-state index < -0.39 is 0 Å². The first-order valence-electron chi connectivity index (χ1n) is 8.84. The van der Waals surface area contributed by atoms with Crippen LogP contribution in [0.3, 0.4) is 0 Å². The number of anilines is 1. The van der Waals surface area contributed by atoms with Gasteiger partial charge < -0.3 is 16.0 Å². The van der Waals surface area contributed by atoms with Crippen molar-refractivity contribution in [3.63, 3.8) is 0 Å². The van der Waals surface area contributed by atoms with Crippen molar-refractivity contribution in [2.75, 3.05) is 18.0 Å². The molecule has 2 atom stereocenters. The van der Waals surface area contributed by atoms with Gasteiger partial charge in [-0.05, 0) is 37.5 Å². The summed E-state index contributed by atoms with van der Waals surface area (Å²) in [5.74, 6) is -0.336. The Labute approximate surface area is 144 Å². The molecule has 0 bridgehead atoms. The fraction of sp³-hybridized carbons (Fsp3) is 0.579. The first kappa shape index (κ1) is 18.5. The Kier molecular flexibility index (Phi) is 6.37. The van der Waals surface area contributed by atoms with Gasteiger partial charge in [-0.1, -0.05) is 31.9 Å². The predicted molar refractivity (Wildman–Crippen MR) is 96.9 cm³/mol. The van der Waals surface area contributed by atoms with Crippen LogP contribution >= 0.6 is 0 Å². The molecular formula is C19H29N3O2. The maximum Gasteiger partial charge on any atom is 0.227 e. The molecule has 1 aromatic rings. The van der Waals surface area contributed by atoms with Crippen LogP contribution in [0.15, 0.2) is 18.2 Å². The lowest BCUT2D eigenvalue weighted by Crippen LogP contribution is -2.43. The fourth-order valence-corrected chi connectivity index (χ4v) is 3.16. The molecule has 1 heterocycles. The number of benzene rings is 1. The summed E-state index contributed by atoms with van der Waals surface area (Å²) in [6, 6.07) is 5.93. The van der Waals surface area contributed by atoms with E-state index in [0.717, 1.165) is 36.1 Å². The SMILES string of the molecule is CCCCC(CN)NC(=O)C1CC(=O)N(c2cccc(C)c2C)C1. The summed E-state index contributed by atoms with van der Waals surface area (Å²) in [6.07, 6.45) is 3.28. The Morgan fingerprint density at radius 3 is 2.83 bits per heavy atom. The molecule has 1 aliphatic heterocycles. The zero-order valence-corrected chi connectivity index (χ0v) is 15.0. The number of hydrogen-bond acceptors (Lipinski definition) is 3. The maximum atomic E-state index is 12.5. The van der Waals surface area contributed by atoms with Crippen LogP contribution in [0, 0.1) is 19.8 Å². The minimum absolute atomic E-state index is 0.00214. The molecule has 1 aliphatic rings. The lowest BCUT2D eigenvalue weighted by molar-refractivity contribution is -0.126. The van der Waals surface area contributed by atoms with Crippen molar-refractivity contribution in [2.45, 2.75) is 52.5 Å². The molecule has 2 unspecified atom stereocenters. The van der Waals surface area contributed by atoms with Crippen molar-refractivity contribution in [1.82, 2.24) is 5.32 Å². The van der Waals surface area contributed by atoms with Gasteiger partial charge in [0, 0.05) is 31.2 Å². The third-order valence-electron chi connectivity index (χ3n) is 4.90. The third-order valence-corrected chi connectivity index (χ3v) is 4.90. The number of unbranched alkanes of at least 4 members (excludes halogenated alkanes) is 1. The van der Waals surface area contributed by atoms with Crippen molar-refractivity contribution >= 4 is 17.5 Å². The van der Waals surface area contributed by atoms with Crippen LogP contribution in [-0.4, -0.2) is 30.9 Å². The Hall–Kier alpha value is -1.88. The molecule has 3 N–H and O–H groups in total. The zero-order chi connectivity index (χ0) is 17.7. The molecule has 5 heteroatoms. The van der Waals surface area contributed by atoms with Crippen molar-refractivity contribution in [1.29, 1.82) is 0 Å². The van der Waals surface area contributed by atoms with E-state index in [4.69, 9.17) is 5.73 Å². The van der Waals surface area contributed by atoms with Gasteiger partial charge in [-0.3, -0.25) is 9.59 Å². The highest BCUT2D eigenvalue weighted by atomic mass is 16.2. The van der Waals surface area contributed by atoms with Gasteiger partial charge in [-0.15, -0.1) is 0 Å². The standard InChI is InChI=1S/C19H29N3O2/c1-4-5-8-16(11-20)21-19(24)15-10-18(23)22(12-15)17-9-6-7-13(2)14(17)3/h6-7,9,15-16H,4-5,8,10-12,20H2,1-3H3,(H,21,24). The molecule has 1 aromatic carbocycles. The Bertz CT molecular complexity index is 600. The minimum Gasteiger partial charge on any atom is -0.352 e. The quantitative estimate of drug-likeness (QED) is 0.805. The number of hydrogen-bond donors (Lipinski definition) is 2. The van der Waals surface area contributed by atoms with Gasteiger partial charge in [0.15, 0.2) is 0 Å². The highest BCUT2D eigenvalue weighted by Gasteiger charge is 2.36. The van der Waals surface area contributed by atoms with Crippen LogP contribution in [-0.2, 0) is 9.59 Å². The zero-order valence-electron chi connectivity index (χ0n) is 15.0. The average molecular weight is 331 g/mol. The number of nitrogens with zero attached hydrogens (tertiary/aromatic N) is 1. The van der Waals surface area contributed by atoms with Gasteiger partial charge in [0.05, 0.1) is 5.92 Å². The molecule has 0 aliphatic carbocycles. The highest BCUT2D eigenvalue weighted by molar-refractivity contribution is 6.01. The summed E-state index contributed by atoms with van der Waals surface area (Å²) in [5.41, 5.74) is 8.91. The number of carbonyl (C=O) groups is 2. The van der Waals surface area contributed by atoms with Crippen LogP contribution in [0.5, 0.6) is 0 Å². The lowest BCUT2D eigenvalue weighted by atomic mass is 10.1. The van der Waals surface area contributed by atoms with Crippen LogP contribution in [0.25, 0.3) is 0 Å². The van der Waals surface area contributed by atoms with Gasteiger partial charge in [-0.25, -0.2) is 0 Å². The second kappa shape index (κ2) is 8.29. The van der Waals surface area contributed by atoms with Crippen LogP contribution in [0.1, 0.15) is 43.7 Å². The van der Waals surface area contributed by atoms with Gasteiger partial charge in [0.1, 0.15) is 0 Å². The molecule has 1 saturated heterocycles. The molecule has 132 valence electrons. The third kappa shape index (κ3) is 4.15.